The van der Waals surface area contributed by atoms with Crippen molar-refractivity contribution in [3.8, 4) is 0 Å². The van der Waals surface area contributed by atoms with Crippen molar-refractivity contribution in [3.63, 3.8) is 0 Å². The molecule has 4 heteroatoms. The quantitative estimate of drug-likeness (QED) is 0.616. The lowest BCUT2D eigenvalue weighted by Crippen LogP contribution is -2.10. The monoisotopic (exact) mass is 168 g/mol. The van der Waals surface area contributed by atoms with Crippen molar-refractivity contribution in [3.05, 3.63) is 17.7 Å². The molecule has 1 heterocycles. The highest BCUT2D eigenvalue weighted by Crippen LogP contribution is 2.03. The number of ether oxygens (including phenoxy) is 1. The van der Waals surface area contributed by atoms with Gasteiger partial charge in [0.05, 0.1) is 12.8 Å². The van der Waals surface area contributed by atoms with E-state index < -0.39 is 0 Å². The van der Waals surface area contributed by atoms with Gasteiger partial charge in [0.1, 0.15) is 11.5 Å². The van der Waals surface area contributed by atoms with E-state index in [1.165, 1.54) is 6.20 Å². The van der Waals surface area contributed by atoms with Crippen molar-refractivity contribution in [2.75, 3.05) is 6.61 Å². The van der Waals surface area contributed by atoms with Gasteiger partial charge in [0, 0.05) is 7.05 Å². The van der Waals surface area contributed by atoms with Gasteiger partial charge in [-0.25, -0.2) is 9.78 Å². The Bertz CT molecular complexity index is 291. The topological polar surface area (TPSA) is 44.1 Å². The molecule has 0 radical (unpaired) electrons. The zero-order valence-corrected chi connectivity index (χ0v) is 7.50. The van der Waals surface area contributed by atoms with Gasteiger partial charge in [-0.3, -0.25) is 0 Å². The van der Waals surface area contributed by atoms with Gasteiger partial charge in [-0.15, -0.1) is 0 Å². The van der Waals surface area contributed by atoms with E-state index in [1.54, 1.807) is 18.5 Å². The van der Waals surface area contributed by atoms with Crippen LogP contribution in [0.2, 0.25) is 0 Å². The third kappa shape index (κ3) is 1.47. The van der Waals surface area contributed by atoms with E-state index in [1.807, 2.05) is 6.92 Å². The van der Waals surface area contributed by atoms with Gasteiger partial charge in [-0.05, 0) is 13.8 Å². The second-order valence-corrected chi connectivity index (χ2v) is 2.47. The summed E-state index contributed by atoms with van der Waals surface area (Å²) in [6.07, 6.45) is 1.52. The van der Waals surface area contributed by atoms with Gasteiger partial charge < -0.3 is 9.30 Å². The van der Waals surface area contributed by atoms with Crippen LogP contribution in [0.3, 0.4) is 0 Å². The number of hydrogen-bond acceptors (Lipinski definition) is 3. The molecule has 0 unspecified atom stereocenters. The minimum Gasteiger partial charge on any atom is -0.461 e. The van der Waals surface area contributed by atoms with E-state index in [2.05, 4.69) is 4.98 Å². The summed E-state index contributed by atoms with van der Waals surface area (Å²) in [5.74, 6) is 0.485. The largest absolute Gasteiger partial charge is 0.461 e. The lowest BCUT2D eigenvalue weighted by atomic mass is 10.5. The fraction of sp³-hybridized carbons (Fsp3) is 0.500. The summed E-state index contributed by atoms with van der Waals surface area (Å²) in [5, 5.41) is 0. The van der Waals surface area contributed by atoms with Crippen LogP contribution >= 0.6 is 0 Å². The molecule has 0 saturated carbocycles. The molecule has 0 atom stereocenters. The fourth-order valence-corrected chi connectivity index (χ4v) is 0.897. The first kappa shape index (κ1) is 8.77. The Labute approximate surface area is 71.2 Å². The van der Waals surface area contributed by atoms with Crippen LogP contribution in [-0.4, -0.2) is 22.1 Å². The maximum Gasteiger partial charge on any atom is 0.356 e. The molecule has 12 heavy (non-hydrogen) atoms. The number of aryl methyl sites for hydroxylation is 1. The number of hydrogen-bond donors (Lipinski definition) is 0. The van der Waals surface area contributed by atoms with Crippen molar-refractivity contribution in [2.45, 2.75) is 13.8 Å². The Morgan fingerprint density at radius 1 is 1.75 bits per heavy atom. The number of carbonyl (C=O) groups is 1. The highest BCUT2D eigenvalue weighted by molar-refractivity contribution is 5.87. The van der Waals surface area contributed by atoms with Gasteiger partial charge in [-0.1, -0.05) is 0 Å². The number of nitrogens with zero attached hydrogens (tertiary/aromatic N) is 2. The van der Waals surface area contributed by atoms with Gasteiger partial charge in [-0.2, -0.15) is 0 Å². The normalized spacial score (nSPS) is 9.92. The van der Waals surface area contributed by atoms with Crippen LogP contribution in [0.15, 0.2) is 6.20 Å². The van der Waals surface area contributed by atoms with Crippen LogP contribution in [-0.2, 0) is 11.8 Å². The highest BCUT2D eigenvalue weighted by atomic mass is 16.5. The summed E-state index contributed by atoms with van der Waals surface area (Å²) in [5.41, 5.74) is 0.495. The van der Waals surface area contributed by atoms with E-state index in [0.29, 0.717) is 12.3 Å². The van der Waals surface area contributed by atoms with Crippen molar-refractivity contribution >= 4 is 5.97 Å². The molecular weight excluding hydrogens is 156 g/mol. The zero-order valence-electron chi connectivity index (χ0n) is 7.50. The summed E-state index contributed by atoms with van der Waals surface area (Å²) in [7, 11) is 1.79. The first-order chi connectivity index (χ1) is 5.66. The average Bonchev–Trinajstić information content (AvgIpc) is 2.34. The highest BCUT2D eigenvalue weighted by Gasteiger charge is 2.11. The molecule has 66 valence electrons. The molecule has 0 saturated heterocycles. The standard InChI is InChI=1S/C8H12N2O2/c1-4-12-8(11)7-5-9-6(2)10(7)3/h5H,4H2,1-3H3. The maximum absolute atomic E-state index is 11.2. The van der Waals surface area contributed by atoms with Gasteiger partial charge in [0.2, 0.25) is 0 Å². The molecule has 4 nitrogen and oxygen atoms in total. The maximum atomic E-state index is 11.2. The fourth-order valence-electron chi connectivity index (χ4n) is 0.897. The second kappa shape index (κ2) is 3.38. The van der Waals surface area contributed by atoms with Crippen LogP contribution in [0.4, 0.5) is 0 Å². The summed E-state index contributed by atoms with van der Waals surface area (Å²) >= 11 is 0. The van der Waals surface area contributed by atoms with Crippen LogP contribution in [0, 0.1) is 6.92 Å². The summed E-state index contributed by atoms with van der Waals surface area (Å²) in [6, 6.07) is 0. The Balaban J connectivity index is 2.88. The van der Waals surface area contributed by atoms with E-state index in [0.717, 1.165) is 5.82 Å². The van der Waals surface area contributed by atoms with Crippen LogP contribution in [0.1, 0.15) is 23.2 Å². The smallest absolute Gasteiger partial charge is 0.356 e. The lowest BCUT2D eigenvalue weighted by Gasteiger charge is -2.02. The molecule has 1 aromatic heterocycles. The van der Waals surface area contributed by atoms with Gasteiger partial charge in [0.15, 0.2) is 0 Å². The minimum absolute atomic E-state index is 0.319. The minimum atomic E-state index is -0.319. The van der Waals surface area contributed by atoms with Crippen molar-refractivity contribution in [1.29, 1.82) is 0 Å². The third-order valence-corrected chi connectivity index (χ3v) is 1.71. The number of carbonyl (C=O) groups excluding carboxylic acids is 1. The molecule has 0 aliphatic carbocycles. The van der Waals surface area contributed by atoms with Crippen LogP contribution < -0.4 is 0 Å². The average molecular weight is 168 g/mol. The zero-order chi connectivity index (χ0) is 9.14. The van der Waals surface area contributed by atoms with Crippen molar-refractivity contribution in [1.82, 2.24) is 9.55 Å². The van der Waals surface area contributed by atoms with Crippen LogP contribution in [0.5, 0.6) is 0 Å². The van der Waals surface area contributed by atoms with E-state index in [4.69, 9.17) is 4.74 Å². The SMILES string of the molecule is CCOC(=O)c1cnc(C)n1C. The molecule has 0 aliphatic heterocycles. The summed E-state index contributed by atoms with van der Waals surface area (Å²) in [4.78, 5) is 15.2. The number of esters is 1. The predicted octanol–water partition coefficient (Wildman–Crippen LogP) is 0.905. The van der Waals surface area contributed by atoms with E-state index in [9.17, 15) is 4.79 Å². The summed E-state index contributed by atoms with van der Waals surface area (Å²) < 4.78 is 6.53. The molecule has 1 aromatic rings. The molecule has 0 bridgehead atoms. The summed E-state index contributed by atoms with van der Waals surface area (Å²) in [6.45, 7) is 4.01. The third-order valence-electron chi connectivity index (χ3n) is 1.71. The Morgan fingerprint density at radius 2 is 2.42 bits per heavy atom. The number of rotatable bonds is 2. The molecule has 0 aromatic carbocycles. The lowest BCUT2D eigenvalue weighted by molar-refractivity contribution is 0.0515. The molecule has 0 amide bonds. The first-order valence-corrected chi connectivity index (χ1v) is 3.82. The Morgan fingerprint density at radius 3 is 2.83 bits per heavy atom. The molecule has 0 spiro atoms. The predicted molar refractivity (Wildman–Crippen MR) is 43.9 cm³/mol. The van der Waals surface area contributed by atoms with Crippen molar-refractivity contribution in [2.24, 2.45) is 7.05 Å². The Hall–Kier alpha value is -1.32. The van der Waals surface area contributed by atoms with Gasteiger partial charge >= 0.3 is 5.97 Å². The Kier molecular flexibility index (Phi) is 2.47. The molecule has 0 aliphatic rings. The molecule has 0 fully saturated rings. The van der Waals surface area contributed by atoms with Crippen LogP contribution in [0.25, 0.3) is 0 Å². The molecular formula is C8H12N2O2. The van der Waals surface area contributed by atoms with Gasteiger partial charge in [0.25, 0.3) is 0 Å². The number of aromatic nitrogens is 2. The van der Waals surface area contributed by atoms with E-state index >= 15 is 0 Å². The second-order valence-electron chi connectivity index (χ2n) is 2.47. The van der Waals surface area contributed by atoms with E-state index in [-0.39, 0.29) is 5.97 Å². The van der Waals surface area contributed by atoms with Crippen molar-refractivity contribution < 1.29 is 9.53 Å². The first-order valence-electron chi connectivity index (χ1n) is 3.82. The number of imidazole rings is 1. The molecule has 1 rings (SSSR count). The molecule has 0 N–H and O–H groups in total.